The van der Waals surface area contributed by atoms with Crippen LogP contribution >= 0.6 is 12.0 Å². The average Bonchev–Trinajstić information content (AvgIpc) is 2.73. The SMILES string of the molecule is Cc1ccc(Nc2nc(NCCOCCO)nc(NCCS(=O)(=O)[O-])n2)cc1SOO[O-].[Na+].[Na+]. The first kappa shape index (κ1) is 33.7. The zero-order valence-corrected chi connectivity index (χ0v) is 24.6. The van der Waals surface area contributed by atoms with Gasteiger partial charge in [-0.15, -0.1) is 0 Å². The first-order chi connectivity index (χ1) is 15.3. The van der Waals surface area contributed by atoms with Crippen molar-refractivity contribution < 1.29 is 96.6 Å². The maximum atomic E-state index is 10.8. The molecule has 18 heteroatoms. The van der Waals surface area contributed by atoms with Crippen LogP contribution in [0.4, 0.5) is 23.5 Å². The molecule has 178 valence electrons. The summed E-state index contributed by atoms with van der Waals surface area (Å²) in [6.45, 7) is 2.33. The molecule has 34 heavy (non-hydrogen) atoms. The molecule has 14 nitrogen and oxygen atoms in total. The molecule has 0 saturated heterocycles. The molecular weight excluding hydrogens is 514 g/mol. The Bertz CT molecular complexity index is 977. The first-order valence-corrected chi connectivity index (χ1v) is 11.5. The van der Waals surface area contributed by atoms with Gasteiger partial charge in [-0.2, -0.15) is 19.3 Å². The van der Waals surface area contributed by atoms with Gasteiger partial charge in [-0.3, -0.25) is 5.04 Å². The Hall–Kier alpha value is -0.310. The van der Waals surface area contributed by atoms with E-state index in [1.807, 2.05) is 6.92 Å². The number of aliphatic hydroxyl groups is 1. The van der Waals surface area contributed by atoms with E-state index in [2.05, 4.69) is 40.3 Å². The summed E-state index contributed by atoms with van der Waals surface area (Å²) in [6, 6.07) is 5.19. The number of hydrogen-bond acceptors (Lipinski definition) is 15. The first-order valence-electron chi connectivity index (χ1n) is 9.17. The Balaban J connectivity index is 0.00000544. The predicted octanol–water partition coefficient (Wildman–Crippen LogP) is -6.46. The maximum Gasteiger partial charge on any atom is 1.00 e. The average molecular weight is 537 g/mol. The van der Waals surface area contributed by atoms with E-state index < -0.39 is 15.9 Å². The monoisotopic (exact) mass is 536 g/mol. The smallest absolute Gasteiger partial charge is 0.748 e. The van der Waals surface area contributed by atoms with Crippen molar-refractivity contribution in [1.29, 1.82) is 0 Å². The van der Waals surface area contributed by atoms with Crippen LogP contribution in [0.1, 0.15) is 5.56 Å². The fourth-order valence-electron chi connectivity index (χ4n) is 2.23. The van der Waals surface area contributed by atoms with Gasteiger partial charge in [-0.05, 0) is 24.6 Å². The van der Waals surface area contributed by atoms with Crippen LogP contribution < -0.4 is 80.3 Å². The minimum absolute atomic E-state index is 0. The number of aromatic nitrogens is 3. The molecule has 0 aliphatic carbocycles. The molecule has 0 radical (unpaired) electrons. The summed E-state index contributed by atoms with van der Waals surface area (Å²) in [5.41, 5.74) is 1.39. The Morgan fingerprint density at radius 2 is 1.71 bits per heavy atom. The minimum Gasteiger partial charge on any atom is -0.748 e. The molecule has 0 saturated carbocycles. The van der Waals surface area contributed by atoms with Crippen molar-refractivity contribution >= 4 is 45.7 Å². The van der Waals surface area contributed by atoms with Gasteiger partial charge in [0.1, 0.15) is 0 Å². The molecular formula is C16H22N6Na2O8S2. The van der Waals surface area contributed by atoms with Crippen LogP contribution in [0, 0.1) is 6.92 Å². The maximum absolute atomic E-state index is 10.8. The van der Waals surface area contributed by atoms with Crippen molar-refractivity contribution in [2.75, 3.05) is 54.6 Å². The van der Waals surface area contributed by atoms with Crippen molar-refractivity contribution in [3.8, 4) is 0 Å². The fraction of sp³-hybridized carbons (Fsp3) is 0.438. The zero-order chi connectivity index (χ0) is 23.4. The van der Waals surface area contributed by atoms with E-state index in [4.69, 9.17) is 9.84 Å². The molecule has 0 unspecified atom stereocenters. The number of anilines is 4. The molecule has 0 spiro atoms. The molecule has 0 fully saturated rings. The van der Waals surface area contributed by atoms with Crippen LogP contribution in [0.25, 0.3) is 0 Å². The number of aryl methyl sites for hydroxylation is 1. The topological polar surface area (TPSA) is 203 Å². The number of nitrogens with zero attached hydrogens (tertiary/aromatic N) is 3. The Labute approximate surface area is 245 Å². The summed E-state index contributed by atoms with van der Waals surface area (Å²) in [7, 11) is -4.40. The molecule has 0 atom stereocenters. The van der Waals surface area contributed by atoms with Crippen LogP contribution in [0.15, 0.2) is 23.1 Å². The molecule has 0 bridgehead atoms. The van der Waals surface area contributed by atoms with Gasteiger partial charge in [0.15, 0.2) is 0 Å². The molecule has 0 aliphatic rings. The van der Waals surface area contributed by atoms with E-state index in [9.17, 15) is 18.2 Å². The van der Waals surface area contributed by atoms with Crippen LogP contribution in [-0.4, -0.2) is 71.7 Å². The van der Waals surface area contributed by atoms with Gasteiger partial charge in [0.2, 0.25) is 17.8 Å². The summed E-state index contributed by atoms with van der Waals surface area (Å²) in [5, 5.41) is 30.7. The Morgan fingerprint density at radius 1 is 1.06 bits per heavy atom. The van der Waals surface area contributed by atoms with E-state index in [-0.39, 0.29) is 103 Å². The number of aliphatic hydroxyl groups excluding tert-OH is 1. The van der Waals surface area contributed by atoms with Gasteiger partial charge in [0.25, 0.3) is 0 Å². The Morgan fingerprint density at radius 3 is 2.32 bits per heavy atom. The number of hydrogen-bond donors (Lipinski definition) is 4. The van der Waals surface area contributed by atoms with E-state index in [0.717, 1.165) is 17.6 Å². The van der Waals surface area contributed by atoms with Gasteiger partial charge < -0.3 is 35.6 Å². The summed E-state index contributed by atoms with van der Waals surface area (Å²) in [5.74, 6) is -0.325. The third-order valence-corrected chi connectivity index (χ3v) is 5.08. The molecule has 1 aromatic heterocycles. The summed E-state index contributed by atoms with van der Waals surface area (Å²) in [4.78, 5) is 13.1. The molecule has 4 N–H and O–H groups in total. The van der Waals surface area contributed by atoms with Crippen molar-refractivity contribution in [2.24, 2.45) is 0 Å². The number of ether oxygens (including phenoxy) is 1. The van der Waals surface area contributed by atoms with E-state index in [1.54, 1.807) is 18.2 Å². The van der Waals surface area contributed by atoms with Gasteiger partial charge in [0.05, 0.1) is 47.7 Å². The molecule has 2 rings (SSSR count). The number of nitrogens with one attached hydrogen (secondary N) is 3. The van der Waals surface area contributed by atoms with Crippen LogP contribution in [0.3, 0.4) is 0 Å². The number of rotatable bonds is 15. The van der Waals surface area contributed by atoms with Gasteiger partial charge in [0, 0.05) is 23.7 Å². The van der Waals surface area contributed by atoms with Gasteiger partial charge in [-0.1, -0.05) is 6.07 Å². The van der Waals surface area contributed by atoms with Crippen LogP contribution in [0.5, 0.6) is 0 Å². The molecule has 0 aliphatic heterocycles. The van der Waals surface area contributed by atoms with Crippen LogP contribution in [-0.2, 0) is 24.2 Å². The van der Waals surface area contributed by atoms with E-state index in [0.29, 0.717) is 17.1 Å². The largest absolute Gasteiger partial charge is 1.00 e. The van der Waals surface area contributed by atoms with Crippen molar-refractivity contribution in [1.82, 2.24) is 15.0 Å². The third-order valence-electron chi connectivity index (χ3n) is 3.63. The van der Waals surface area contributed by atoms with Gasteiger partial charge in [-0.25, -0.2) is 8.42 Å². The van der Waals surface area contributed by atoms with Crippen LogP contribution in [0.2, 0.25) is 0 Å². The second-order valence-electron chi connectivity index (χ2n) is 6.08. The van der Waals surface area contributed by atoms with Crippen molar-refractivity contribution in [3.05, 3.63) is 23.8 Å². The minimum atomic E-state index is -4.40. The van der Waals surface area contributed by atoms with Gasteiger partial charge >= 0.3 is 59.1 Å². The molecule has 1 aromatic carbocycles. The summed E-state index contributed by atoms with van der Waals surface area (Å²) in [6.07, 6.45) is 0. The predicted molar refractivity (Wildman–Crippen MR) is 112 cm³/mol. The normalized spacial score (nSPS) is 10.7. The molecule has 1 heterocycles. The second kappa shape index (κ2) is 18.0. The van der Waals surface area contributed by atoms with Crippen molar-refractivity contribution in [2.45, 2.75) is 11.8 Å². The summed E-state index contributed by atoms with van der Waals surface area (Å²) >= 11 is 0.738. The van der Waals surface area contributed by atoms with E-state index >= 15 is 0 Å². The quantitative estimate of drug-likeness (QED) is 0.0417. The molecule has 2 aromatic rings. The van der Waals surface area contributed by atoms with E-state index in [1.165, 1.54) is 0 Å². The Kier molecular flexibility index (Phi) is 17.8. The summed E-state index contributed by atoms with van der Waals surface area (Å²) < 4.78 is 42.0. The zero-order valence-electron chi connectivity index (χ0n) is 18.9. The fourth-order valence-corrected chi connectivity index (χ4v) is 3.05. The number of benzene rings is 1. The molecule has 0 amide bonds. The second-order valence-corrected chi connectivity index (χ2v) is 8.35. The standard InChI is InChI=1S/C16H24N6O8S2.2Na/c1-11-2-3-12(10-13(11)31-30-29-24)19-16-21-14(17-4-7-28-8-6-23)20-15(22-16)18-5-9-32(25,26)27;;/h2-3,10,23-24H,4-9H2,1H3,(H,25,26,27)(H3,17,18,19,20,21,22);;/q;2*+1/p-2. The van der Waals surface area contributed by atoms with Crippen molar-refractivity contribution in [3.63, 3.8) is 0 Å². The third kappa shape index (κ3) is 13.7.